The average Bonchev–Trinajstić information content (AvgIpc) is 2.83. The minimum atomic E-state index is -1.04. The summed E-state index contributed by atoms with van der Waals surface area (Å²) < 4.78 is 29.3. The second kappa shape index (κ2) is 6.37. The van der Waals surface area contributed by atoms with Crippen LogP contribution in [0.25, 0.3) is 0 Å². The van der Waals surface area contributed by atoms with E-state index >= 15 is 0 Å². The molecule has 0 saturated heterocycles. The number of halogens is 1. The molecule has 0 aromatic carbocycles. The van der Waals surface area contributed by atoms with Gasteiger partial charge in [-0.2, -0.15) is 0 Å². The van der Waals surface area contributed by atoms with Gasteiger partial charge in [-0.05, 0) is 25.8 Å². The molecule has 1 N–H and O–H groups in total. The highest BCUT2D eigenvalue weighted by Gasteiger charge is 2.45. The Bertz CT molecular complexity index is 431. The van der Waals surface area contributed by atoms with Gasteiger partial charge in [0.25, 0.3) is 0 Å². The van der Waals surface area contributed by atoms with Crippen LogP contribution in [0.3, 0.4) is 0 Å². The molecule has 1 heterocycles. The molecule has 0 aromatic heterocycles. The lowest BCUT2D eigenvalue weighted by Gasteiger charge is -2.35. The Morgan fingerprint density at radius 1 is 1.65 bits per heavy atom. The van der Waals surface area contributed by atoms with Crippen LogP contribution in [0.4, 0.5) is 4.39 Å². The van der Waals surface area contributed by atoms with E-state index in [4.69, 9.17) is 19.3 Å². The van der Waals surface area contributed by atoms with Gasteiger partial charge in [0.2, 0.25) is 6.29 Å². The van der Waals surface area contributed by atoms with Crippen LogP contribution in [0.5, 0.6) is 0 Å². The molecule has 0 aromatic rings. The first-order valence-electron chi connectivity index (χ1n) is 6.69. The quantitative estimate of drug-likeness (QED) is 0.599. The molecule has 4 atom stereocenters. The van der Waals surface area contributed by atoms with Crippen molar-refractivity contribution in [2.45, 2.75) is 32.8 Å². The molecule has 112 valence electrons. The molecule has 1 aliphatic carbocycles. The fourth-order valence-electron chi connectivity index (χ4n) is 2.75. The summed E-state index contributed by atoms with van der Waals surface area (Å²) in [5, 5.41) is 9.17. The molecule has 0 saturated carbocycles. The SMILES string of the molecule is CCOC(C)O[C@@H]1OC=C(C(=O)O)[C@H]2CC=C(CF)[C@H]12. The molecule has 0 spiro atoms. The smallest absolute Gasteiger partial charge is 0.335 e. The minimum Gasteiger partial charge on any atom is -0.478 e. The van der Waals surface area contributed by atoms with Gasteiger partial charge < -0.3 is 19.3 Å². The van der Waals surface area contributed by atoms with Crippen molar-refractivity contribution >= 4 is 5.97 Å². The van der Waals surface area contributed by atoms with E-state index in [1.807, 2.05) is 6.92 Å². The molecule has 0 fully saturated rings. The normalized spacial score (nSPS) is 30.1. The van der Waals surface area contributed by atoms with Crippen molar-refractivity contribution in [2.24, 2.45) is 11.8 Å². The lowest BCUT2D eigenvalue weighted by Crippen LogP contribution is -2.39. The summed E-state index contributed by atoms with van der Waals surface area (Å²) in [6, 6.07) is 0. The Hall–Kier alpha value is -1.40. The summed E-state index contributed by atoms with van der Waals surface area (Å²) in [5.41, 5.74) is 0.703. The fourth-order valence-corrected chi connectivity index (χ4v) is 2.75. The summed E-state index contributed by atoms with van der Waals surface area (Å²) in [6.07, 6.45) is 2.24. The van der Waals surface area contributed by atoms with Gasteiger partial charge in [-0.1, -0.05) is 6.08 Å². The average molecular weight is 286 g/mol. The Balaban J connectivity index is 2.17. The topological polar surface area (TPSA) is 65.0 Å². The molecule has 1 aliphatic heterocycles. The molecular weight excluding hydrogens is 267 g/mol. The third-order valence-corrected chi connectivity index (χ3v) is 3.65. The van der Waals surface area contributed by atoms with E-state index in [2.05, 4.69) is 0 Å². The highest BCUT2D eigenvalue weighted by atomic mass is 19.1. The van der Waals surface area contributed by atoms with Crippen molar-refractivity contribution in [3.05, 3.63) is 23.5 Å². The lowest BCUT2D eigenvalue weighted by molar-refractivity contribution is -0.242. The number of alkyl halides is 1. The molecule has 0 amide bonds. The Kier molecular flexibility index (Phi) is 4.77. The summed E-state index contributed by atoms with van der Waals surface area (Å²) in [7, 11) is 0. The number of fused-ring (bicyclic) bond motifs is 1. The van der Waals surface area contributed by atoms with Crippen molar-refractivity contribution in [3.8, 4) is 0 Å². The Morgan fingerprint density at radius 3 is 3.00 bits per heavy atom. The van der Waals surface area contributed by atoms with Crippen LogP contribution in [-0.4, -0.2) is 36.9 Å². The number of ether oxygens (including phenoxy) is 3. The number of carbonyl (C=O) groups is 1. The monoisotopic (exact) mass is 286 g/mol. The number of hydrogen-bond donors (Lipinski definition) is 1. The van der Waals surface area contributed by atoms with Crippen LogP contribution in [0.15, 0.2) is 23.5 Å². The predicted molar refractivity (Wildman–Crippen MR) is 68.4 cm³/mol. The third kappa shape index (κ3) is 2.86. The van der Waals surface area contributed by atoms with Crippen molar-refractivity contribution in [1.29, 1.82) is 0 Å². The van der Waals surface area contributed by atoms with E-state index in [0.717, 1.165) is 0 Å². The molecular formula is C14H19FO5. The zero-order valence-electron chi connectivity index (χ0n) is 11.5. The van der Waals surface area contributed by atoms with E-state index in [0.29, 0.717) is 18.6 Å². The Labute approximate surface area is 117 Å². The van der Waals surface area contributed by atoms with Gasteiger partial charge in [0.1, 0.15) is 6.67 Å². The maximum Gasteiger partial charge on any atom is 0.335 e. The largest absolute Gasteiger partial charge is 0.478 e. The standard InChI is InChI=1S/C14H19FO5/c1-3-18-8(2)20-14-12-9(6-15)4-5-10(12)11(7-19-14)13(16)17/h4,7-8,10,12,14H,3,5-6H2,1-2H3,(H,16,17)/t8?,10-,12+,14+/m1/s1. The fraction of sp³-hybridized carbons (Fsp3) is 0.643. The van der Waals surface area contributed by atoms with Gasteiger partial charge >= 0.3 is 5.97 Å². The van der Waals surface area contributed by atoms with E-state index in [1.165, 1.54) is 6.26 Å². The molecule has 0 bridgehead atoms. The van der Waals surface area contributed by atoms with Gasteiger partial charge in [-0.15, -0.1) is 0 Å². The minimum absolute atomic E-state index is 0.165. The molecule has 5 nitrogen and oxygen atoms in total. The van der Waals surface area contributed by atoms with Crippen LogP contribution in [0, 0.1) is 11.8 Å². The van der Waals surface area contributed by atoms with Crippen LogP contribution in [-0.2, 0) is 19.0 Å². The van der Waals surface area contributed by atoms with Crippen molar-refractivity contribution < 1.29 is 28.5 Å². The van der Waals surface area contributed by atoms with E-state index in [9.17, 15) is 9.18 Å². The van der Waals surface area contributed by atoms with Crippen molar-refractivity contribution in [3.63, 3.8) is 0 Å². The number of aliphatic carboxylic acids is 1. The second-order valence-corrected chi connectivity index (χ2v) is 4.82. The van der Waals surface area contributed by atoms with Gasteiger partial charge in [0.15, 0.2) is 6.29 Å². The highest BCUT2D eigenvalue weighted by Crippen LogP contribution is 2.43. The van der Waals surface area contributed by atoms with Gasteiger partial charge in [-0.3, -0.25) is 0 Å². The summed E-state index contributed by atoms with van der Waals surface area (Å²) >= 11 is 0. The third-order valence-electron chi connectivity index (χ3n) is 3.65. The number of carboxylic acids is 1. The number of carboxylic acid groups (broad SMARTS) is 1. The molecule has 2 rings (SSSR count). The van der Waals surface area contributed by atoms with Crippen molar-refractivity contribution in [2.75, 3.05) is 13.3 Å². The van der Waals surface area contributed by atoms with Crippen LogP contribution < -0.4 is 0 Å². The van der Waals surface area contributed by atoms with Gasteiger partial charge in [0.05, 0.1) is 17.8 Å². The molecule has 1 unspecified atom stereocenters. The van der Waals surface area contributed by atoms with E-state index in [1.54, 1.807) is 13.0 Å². The first kappa shape index (κ1) is 15.0. The van der Waals surface area contributed by atoms with Gasteiger partial charge in [0, 0.05) is 12.5 Å². The van der Waals surface area contributed by atoms with Crippen LogP contribution in [0.1, 0.15) is 20.3 Å². The molecule has 6 heteroatoms. The number of allylic oxidation sites excluding steroid dienone is 1. The predicted octanol–water partition coefficient (Wildman–Crippen LogP) is 2.24. The lowest BCUT2D eigenvalue weighted by atomic mass is 9.83. The summed E-state index contributed by atoms with van der Waals surface area (Å²) in [6.45, 7) is 3.44. The highest BCUT2D eigenvalue weighted by molar-refractivity contribution is 5.87. The van der Waals surface area contributed by atoms with Crippen LogP contribution in [0.2, 0.25) is 0 Å². The molecule has 20 heavy (non-hydrogen) atoms. The van der Waals surface area contributed by atoms with E-state index < -0.39 is 31.1 Å². The number of hydrogen-bond acceptors (Lipinski definition) is 4. The van der Waals surface area contributed by atoms with E-state index in [-0.39, 0.29) is 11.5 Å². The summed E-state index contributed by atoms with van der Waals surface area (Å²) in [4.78, 5) is 11.2. The second-order valence-electron chi connectivity index (χ2n) is 4.82. The maximum absolute atomic E-state index is 13.1. The van der Waals surface area contributed by atoms with Crippen molar-refractivity contribution in [1.82, 2.24) is 0 Å². The first-order valence-corrected chi connectivity index (χ1v) is 6.69. The van der Waals surface area contributed by atoms with Gasteiger partial charge in [-0.25, -0.2) is 9.18 Å². The van der Waals surface area contributed by atoms with Crippen LogP contribution >= 0.6 is 0 Å². The maximum atomic E-state index is 13.1. The zero-order chi connectivity index (χ0) is 14.7. The number of rotatable bonds is 6. The first-order chi connectivity index (χ1) is 9.58. The summed E-state index contributed by atoms with van der Waals surface area (Å²) in [5.74, 6) is -1.74. The Morgan fingerprint density at radius 2 is 2.40 bits per heavy atom. The molecule has 0 radical (unpaired) electrons. The zero-order valence-corrected chi connectivity index (χ0v) is 11.5. The molecule has 2 aliphatic rings.